The van der Waals surface area contributed by atoms with Gasteiger partial charge in [0.25, 0.3) is 0 Å². The molecule has 1 amide bonds. The van der Waals surface area contributed by atoms with Gasteiger partial charge in [-0.05, 0) is 36.6 Å². The zero-order chi connectivity index (χ0) is 17.2. The summed E-state index contributed by atoms with van der Waals surface area (Å²) in [6, 6.07) is 16.6. The summed E-state index contributed by atoms with van der Waals surface area (Å²) in [7, 11) is 0. The number of amides is 1. The molecule has 24 heavy (non-hydrogen) atoms. The molecule has 0 aliphatic carbocycles. The van der Waals surface area contributed by atoms with Crippen LogP contribution in [0.15, 0.2) is 54.6 Å². The standard InChI is InChI=1S/C19H23NO4/c1-2-23-18-10-8-15(9-11-18)12-17(13-21)20-19(22)24-14-16-6-4-3-5-7-16/h3-11,17,21H,2,12-14H2,1H3,(H,20,22). The lowest BCUT2D eigenvalue weighted by atomic mass is 10.1. The summed E-state index contributed by atoms with van der Waals surface area (Å²) in [6.45, 7) is 2.59. The van der Waals surface area contributed by atoms with E-state index in [0.29, 0.717) is 13.0 Å². The van der Waals surface area contributed by atoms with Crippen molar-refractivity contribution in [1.82, 2.24) is 5.32 Å². The number of hydrogen-bond donors (Lipinski definition) is 2. The number of nitrogens with one attached hydrogen (secondary N) is 1. The van der Waals surface area contributed by atoms with E-state index in [1.165, 1.54) is 0 Å². The summed E-state index contributed by atoms with van der Waals surface area (Å²) in [4.78, 5) is 11.9. The Bertz CT molecular complexity index is 613. The molecule has 0 saturated carbocycles. The van der Waals surface area contributed by atoms with Crippen LogP contribution in [-0.4, -0.2) is 30.5 Å². The number of carbonyl (C=O) groups is 1. The number of aliphatic hydroxyl groups excluding tert-OH is 1. The van der Waals surface area contributed by atoms with Crippen LogP contribution in [0.4, 0.5) is 4.79 Å². The molecular weight excluding hydrogens is 306 g/mol. The van der Waals surface area contributed by atoms with E-state index in [4.69, 9.17) is 9.47 Å². The van der Waals surface area contributed by atoms with Crippen LogP contribution in [-0.2, 0) is 17.8 Å². The molecule has 0 fully saturated rings. The van der Waals surface area contributed by atoms with Gasteiger partial charge in [0.2, 0.25) is 0 Å². The van der Waals surface area contributed by atoms with Gasteiger partial charge in [0.1, 0.15) is 12.4 Å². The molecular formula is C19H23NO4. The zero-order valence-electron chi connectivity index (χ0n) is 13.8. The van der Waals surface area contributed by atoms with Crippen molar-refractivity contribution >= 4 is 6.09 Å². The fourth-order valence-corrected chi connectivity index (χ4v) is 2.27. The number of rotatable bonds is 8. The highest BCUT2D eigenvalue weighted by Crippen LogP contribution is 2.13. The van der Waals surface area contributed by atoms with Crippen molar-refractivity contribution in [2.45, 2.75) is 26.0 Å². The first kappa shape index (κ1) is 17.8. The summed E-state index contributed by atoms with van der Waals surface area (Å²) in [5, 5.41) is 12.1. The highest BCUT2D eigenvalue weighted by atomic mass is 16.5. The molecule has 0 heterocycles. The number of alkyl carbamates (subject to hydrolysis) is 1. The Hall–Kier alpha value is -2.53. The molecule has 2 rings (SSSR count). The van der Waals surface area contributed by atoms with Crippen molar-refractivity contribution in [2.75, 3.05) is 13.2 Å². The van der Waals surface area contributed by atoms with Crippen LogP contribution in [0.25, 0.3) is 0 Å². The Labute approximate surface area is 142 Å². The van der Waals surface area contributed by atoms with E-state index in [2.05, 4.69) is 5.32 Å². The first-order valence-electron chi connectivity index (χ1n) is 8.01. The van der Waals surface area contributed by atoms with Crippen molar-refractivity contribution in [3.05, 3.63) is 65.7 Å². The topological polar surface area (TPSA) is 67.8 Å². The quantitative estimate of drug-likeness (QED) is 0.781. The number of benzene rings is 2. The van der Waals surface area contributed by atoms with Crippen molar-refractivity contribution in [1.29, 1.82) is 0 Å². The molecule has 0 radical (unpaired) electrons. The highest BCUT2D eigenvalue weighted by molar-refractivity contribution is 5.67. The molecule has 0 aliphatic rings. The zero-order valence-corrected chi connectivity index (χ0v) is 13.8. The lowest BCUT2D eigenvalue weighted by molar-refractivity contribution is 0.129. The summed E-state index contributed by atoms with van der Waals surface area (Å²) in [6.07, 6.45) is -0.0209. The monoisotopic (exact) mass is 329 g/mol. The fourth-order valence-electron chi connectivity index (χ4n) is 2.27. The van der Waals surface area contributed by atoms with Crippen LogP contribution in [0.2, 0.25) is 0 Å². The molecule has 128 valence electrons. The summed E-state index contributed by atoms with van der Waals surface area (Å²) in [5.74, 6) is 0.803. The van der Waals surface area contributed by atoms with Crippen LogP contribution in [0.3, 0.4) is 0 Å². The molecule has 0 spiro atoms. The van der Waals surface area contributed by atoms with E-state index < -0.39 is 12.1 Å². The Balaban J connectivity index is 1.81. The summed E-state index contributed by atoms with van der Waals surface area (Å²) < 4.78 is 10.6. The normalized spacial score (nSPS) is 11.6. The van der Waals surface area contributed by atoms with Gasteiger partial charge in [-0.15, -0.1) is 0 Å². The van der Waals surface area contributed by atoms with Crippen LogP contribution in [0, 0.1) is 0 Å². The van der Waals surface area contributed by atoms with Gasteiger partial charge in [0.15, 0.2) is 0 Å². The molecule has 5 nitrogen and oxygen atoms in total. The summed E-state index contributed by atoms with van der Waals surface area (Å²) >= 11 is 0. The minimum Gasteiger partial charge on any atom is -0.494 e. The Morgan fingerprint density at radius 1 is 1.08 bits per heavy atom. The van der Waals surface area contributed by atoms with Gasteiger partial charge in [-0.3, -0.25) is 0 Å². The van der Waals surface area contributed by atoms with E-state index in [-0.39, 0.29) is 13.2 Å². The first-order chi connectivity index (χ1) is 11.7. The molecule has 0 aromatic heterocycles. The predicted molar refractivity (Wildman–Crippen MR) is 92.0 cm³/mol. The van der Waals surface area contributed by atoms with Crippen LogP contribution >= 0.6 is 0 Å². The Morgan fingerprint density at radius 3 is 2.42 bits per heavy atom. The van der Waals surface area contributed by atoms with Crippen LogP contribution in [0.5, 0.6) is 5.75 Å². The second kappa shape index (κ2) is 9.57. The van der Waals surface area contributed by atoms with Crippen LogP contribution < -0.4 is 10.1 Å². The van der Waals surface area contributed by atoms with Crippen molar-refractivity contribution in [3.8, 4) is 5.75 Å². The maximum atomic E-state index is 11.9. The van der Waals surface area contributed by atoms with Gasteiger partial charge in [-0.25, -0.2) is 4.79 Å². The minimum absolute atomic E-state index is 0.159. The van der Waals surface area contributed by atoms with Crippen LogP contribution in [0.1, 0.15) is 18.1 Å². The van der Waals surface area contributed by atoms with Gasteiger partial charge >= 0.3 is 6.09 Å². The van der Waals surface area contributed by atoms with E-state index in [0.717, 1.165) is 16.9 Å². The Morgan fingerprint density at radius 2 is 1.79 bits per heavy atom. The number of carbonyl (C=O) groups excluding carboxylic acids is 1. The van der Waals surface area contributed by atoms with E-state index in [1.54, 1.807) is 0 Å². The second-order valence-electron chi connectivity index (χ2n) is 5.37. The molecule has 1 atom stereocenters. The average molecular weight is 329 g/mol. The van der Waals surface area contributed by atoms with Crippen molar-refractivity contribution in [3.63, 3.8) is 0 Å². The van der Waals surface area contributed by atoms with Gasteiger partial charge in [0.05, 0.1) is 19.3 Å². The number of hydrogen-bond acceptors (Lipinski definition) is 4. The Kier molecular flexibility index (Phi) is 7.11. The third kappa shape index (κ3) is 5.93. The molecule has 0 saturated heterocycles. The van der Waals surface area contributed by atoms with E-state index in [1.807, 2.05) is 61.5 Å². The lowest BCUT2D eigenvalue weighted by Gasteiger charge is -2.16. The average Bonchev–Trinajstić information content (AvgIpc) is 2.62. The fraction of sp³-hybridized carbons (Fsp3) is 0.316. The van der Waals surface area contributed by atoms with Gasteiger partial charge in [-0.2, -0.15) is 0 Å². The van der Waals surface area contributed by atoms with E-state index in [9.17, 15) is 9.90 Å². The molecule has 5 heteroatoms. The summed E-state index contributed by atoms with van der Waals surface area (Å²) in [5.41, 5.74) is 1.92. The van der Waals surface area contributed by atoms with E-state index >= 15 is 0 Å². The third-order valence-corrected chi connectivity index (χ3v) is 3.47. The van der Waals surface area contributed by atoms with Gasteiger partial charge in [-0.1, -0.05) is 42.5 Å². The molecule has 0 aliphatic heterocycles. The number of ether oxygens (including phenoxy) is 2. The van der Waals surface area contributed by atoms with Crippen molar-refractivity contribution in [2.24, 2.45) is 0 Å². The minimum atomic E-state index is -0.538. The van der Waals surface area contributed by atoms with Gasteiger partial charge < -0.3 is 19.9 Å². The molecule has 2 aromatic rings. The molecule has 0 bridgehead atoms. The second-order valence-corrected chi connectivity index (χ2v) is 5.37. The third-order valence-electron chi connectivity index (χ3n) is 3.47. The largest absolute Gasteiger partial charge is 0.494 e. The maximum Gasteiger partial charge on any atom is 0.407 e. The molecule has 2 aromatic carbocycles. The number of aliphatic hydroxyl groups is 1. The molecule has 2 N–H and O–H groups in total. The van der Waals surface area contributed by atoms with Gasteiger partial charge in [0, 0.05) is 0 Å². The predicted octanol–water partition coefficient (Wildman–Crippen LogP) is 2.92. The smallest absolute Gasteiger partial charge is 0.407 e. The first-order valence-corrected chi connectivity index (χ1v) is 8.01. The van der Waals surface area contributed by atoms with Crippen molar-refractivity contribution < 1.29 is 19.4 Å². The SMILES string of the molecule is CCOc1ccc(CC(CO)NC(=O)OCc2ccccc2)cc1. The molecule has 1 unspecified atom stereocenters. The maximum absolute atomic E-state index is 11.9. The highest BCUT2D eigenvalue weighted by Gasteiger charge is 2.13. The lowest BCUT2D eigenvalue weighted by Crippen LogP contribution is -2.39.